The Balaban J connectivity index is 1.94. The molecule has 0 saturated carbocycles. The highest BCUT2D eigenvalue weighted by Crippen LogP contribution is 2.20. The Morgan fingerprint density at radius 1 is 0.479 bits per heavy atom. The van der Waals surface area contributed by atoms with E-state index in [9.17, 15) is 92.0 Å². The van der Waals surface area contributed by atoms with E-state index in [0.29, 0.717) is 16.5 Å². The molecule has 94 heavy (non-hydrogen) atoms. The fourth-order valence-electron chi connectivity index (χ4n) is 9.13. The predicted molar refractivity (Wildman–Crippen MR) is 328 cm³/mol. The number of imidazole rings is 1. The highest BCUT2D eigenvalue weighted by Gasteiger charge is 2.37. The van der Waals surface area contributed by atoms with E-state index in [1.54, 1.807) is 44.3 Å². The molecule has 2 aromatic heterocycles. The third kappa shape index (κ3) is 27.5. The van der Waals surface area contributed by atoms with Crippen molar-refractivity contribution in [3.05, 3.63) is 54.2 Å². The van der Waals surface area contributed by atoms with Gasteiger partial charge in [0.1, 0.15) is 54.9 Å². The Labute approximate surface area is 537 Å². The quantitative estimate of drug-likeness (QED) is 0.0253. The number of aliphatic carboxylic acids is 4. The normalized spacial score (nSPS) is 14.0. The summed E-state index contributed by atoms with van der Waals surface area (Å²) in [6.45, 7) is 7.13. The van der Waals surface area contributed by atoms with E-state index >= 15 is 0 Å². The number of rotatable bonds is 42. The SMILES string of the molecule is CC(C)C[C@H](NC(=O)[C@@H](NC(=O)[C@H](Cc1cnc[nH]1)NC(=O)[C@H](CCC(=O)O)NC(=O)[C@H](Cc1c[nH]c2ccccc12)NC(=O)[C@@H](NC(=O)CNC(=O)[C@H](CC(=O)O)NC(=O)[C@@H](N)CCC(N)=O)C(C)C)C(C)C)C(=O)N[C@@H](CCC(=O)O)C(=O)NCC(=O)NCC(=O)O. The minimum Gasteiger partial charge on any atom is -0.481 e. The number of H-pyrrole nitrogens is 2. The largest absolute Gasteiger partial charge is 0.481 e. The molecule has 0 radical (unpaired) electrons. The van der Waals surface area contributed by atoms with E-state index in [1.807, 2.05) is 5.32 Å². The summed E-state index contributed by atoms with van der Waals surface area (Å²) >= 11 is 0. The minimum absolute atomic E-state index is 0.0736. The molecule has 0 saturated heterocycles. The second-order valence-electron chi connectivity index (χ2n) is 23.0. The first-order valence-electron chi connectivity index (χ1n) is 29.8. The van der Waals surface area contributed by atoms with Gasteiger partial charge >= 0.3 is 23.9 Å². The molecule has 1 aromatic carbocycles. The number of hydrogen-bond donors (Lipinski definition) is 19. The smallest absolute Gasteiger partial charge is 0.322 e. The average Bonchev–Trinajstić information content (AvgIpc) is 1.63. The number of nitrogens with two attached hydrogens (primary N) is 2. The minimum atomic E-state index is -1.78. The lowest BCUT2D eigenvalue weighted by Crippen LogP contribution is -2.61. The molecular formula is C58H84N16O20. The molecule has 36 nitrogen and oxygen atoms in total. The van der Waals surface area contributed by atoms with E-state index in [1.165, 1.54) is 40.2 Å². The summed E-state index contributed by atoms with van der Waals surface area (Å²) in [4.78, 5) is 218. The number of carboxylic acid groups (broad SMARTS) is 4. The van der Waals surface area contributed by atoms with Gasteiger partial charge in [0.2, 0.25) is 70.9 Å². The maximum absolute atomic E-state index is 14.7. The van der Waals surface area contributed by atoms with Gasteiger partial charge in [0.05, 0.1) is 31.9 Å². The van der Waals surface area contributed by atoms with Gasteiger partial charge in [0, 0.05) is 61.1 Å². The van der Waals surface area contributed by atoms with Crippen molar-refractivity contribution in [1.29, 1.82) is 0 Å². The van der Waals surface area contributed by atoms with Crippen molar-refractivity contribution >= 4 is 106 Å². The van der Waals surface area contributed by atoms with E-state index in [2.05, 4.69) is 68.1 Å². The molecule has 3 rings (SSSR count). The lowest BCUT2D eigenvalue weighted by molar-refractivity contribution is -0.141. The molecule has 21 N–H and O–H groups in total. The van der Waals surface area contributed by atoms with E-state index in [0.717, 1.165) is 0 Å². The number of fused-ring (bicyclic) bond motifs is 1. The standard InChI is InChI=1S/C58H84N16O20/c1-27(2)17-37(54(90)67-35(12-15-44(78)79)51(87)64-23-42(76)63-25-47(84)85)71-58(94)49(29(5)6)74-56(92)39(19-31-22-61-26-66-31)70-53(89)36(13-16-45(80)81)68-55(91)38(18-30-21-62-34-10-8-7-9-32(30)34)72-57(93)48(28(3)4)73-43(77)24-65-52(88)40(20-46(82)83)69-50(86)33(59)11-14-41(60)75/h7-10,21-22,26-29,33,35-40,48-49,62H,11-20,23-25,59H2,1-6H3,(H2,60,75)(H,61,66)(H,63,76)(H,64,87)(H,65,88)(H,67,90)(H,68,91)(H,69,86)(H,70,89)(H,71,94)(H,72,93)(H,73,77)(H,74,92)(H,78,79)(H,80,81)(H,82,83)(H,84,85)/t33-,35-,36-,37-,38-,39-,40-,48-,49-/m0/s1. The number of aromatic amines is 2. The Hall–Kier alpha value is -10.5. The van der Waals surface area contributed by atoms with Crippen LogP contribution in [0, 0.1) is 17.8 Å². The van der Waals surface area contributed by atoms with Gasteiger partial charge in [-0.05, 0) is 55.1 Å². The summed E-state index contributed by atoms with van der Waals surface area (Å²) in [6.07, 6.45) is -0.539. The highest BCUT2D eigenvalue weighted by atomic mass is 16.4. The number of carbonyl (C=O) groups excluding carboxylic acids is 12. The van der Waals surface area contributed by atoms with E-state index < -0.39 is 213 Å². The van der Waals surface area contributed by atoms with Crippen LogP contribution in [0.3, 0.4) is 0 Å². The molecule has 36 heteroatoms. The van der Waals surface area contributed by atoms with Crippen LogP contribution in [0.2, 0.25) is 0 Å². The zero-order chi connectivity index (χ0) is 70.5. The van der Waals surface area contributed by atoms with E-state index in [4.69, 9.17) is 16.6 Å². The van der Waals surface area contributed by atoms with Crippen LogP contribution in [0.25, 0.3) is 10.9 Å². The summed E-state index contributed by atoms with van der Waals surface area (Å²) in [5, 5.41) is 64.3. The number of nitrogens with zero attached hydrogens (tertiary/aromatic N) is 1. The molecule has 0 aliphatic carbocycles. The van der Waals surface area contributed by atoms with Crippen molar-refractivity contribution in [2.75, 3.05) is 19.6 Å². The fourth-order valence-corrected chi connectivity index (χ4v) is 9.13. The Bertz CT molecular complexity index is 3210. The van der Waals surface area contributed by atoms with Gasteiger partial charge in [0.15, 0.2) is 0 Å². The summed E-state index contributed by atoms with van der Waals surface area (Å²) in [6, 6.07) is -7.23. The van der Waals surface area contributed by atoms with Crippen LogP contribution in [-0.4, -0.2) is 204 Å². The van der Waals surface area contributed by atoms with Gasteiger partial charge in [-0.25, -0.2) is 4.98 Å². The van der Waals surface area contributed by atoms with Crippen LogP contribution in [0.1, 0.15) is 104 Å². The van der Waals surface area contributed by atoms with Crippen LogP contribution in [-0.2, 0) is 89.6 Å². The number of aromatic nitrogens is 3. The highest BCUT2D eigenvalue weighted by molar-refractivity contribution is 6.00. The van der Waals surface area contributed by atoms with Crippen molar-refractivity contribution in [3.63, 3.8) is 0 Å². The number of nitrogens with one attached hydrogen (secondary N) is 13. The average molecular weight is 1330 g/mol. The summed E-state index contributed by atoms with van der Waals surface area (Å²) < 4.78 is 0. The maximum atomic E-state index is 14.7. The number of carboxylic acids is 4. The second-order valence-corrected chi connectivity index (χ2v) is 23.0. The number of hydrogen-bond acceptors (Lipinski definition) is 18. The molecule has 0 spiro atoms. The predicted octanol–water partition coefficient (Wildman–Crippen LogP) is -4.86. The third-order valence-electron chi connectivity index (χ3n) is 14.1. The van der Waals surface area contributed by atoms with E-state index in [-0.39, 0.29) is 43.7 Å². The third-order valence-corrected chi connectivity index (χ3v) is 14.1. The van der Waals surface area contributed by atoms with Gasteiger partial charge < -0.3 is 100 Å². The van der Waals surface area contributed by atoms with Gasteiger partial charge in [-0.3, -0.25) is 76.7 Å². The Morgan fingerprint density at radius 2 is 0.968 bits per heavy atom. The fraction of sp³-hybridized carbons (Fsp3) is 0.534. The lowest BCUT2D eigenvalue weighted by atomic mass is 9.98. The van der Waals surface area contributed by atoms with Crippen molar-refractivity contribution in [1.82, 2.24) is 73.4 Å². The Kier molecular flexibility index (Phi) is 31.7. The second kappa shape index (κ2) is 38.3. The first-order chi connectivity index (χ1) is 44.1. The summed E-state index contributed by atoms with van der Waals surface area (Å²) in [5.74, 6) is -19.4. The van der Waals surface area contributed by atoms with Crippen LogP contribution in [0.5, 0.6) is 0 Å². The van der Waals surface area contributed by atoms with Crippen LogP contribution in [0.4, 0.5) is 0 Å². The van der Waals surface area contributed by atoms with Gasteiger partial charge in [-0.2, -0.15) is 0 Å². The maximum Gasteiger partial charge on any atom is 0.322 e. The topological polar surface area (TPSA) is 583 Å². The Morgan fingerprint density at radius 3 is 1.51 bits per heavy atom. The molecule has 516 valence electrons. The zero-order valence-electron chi connectivity index (χ0n) is 52.6. The number of para-hydroxylation sites is 1. The summed E-state index contributed by atoms with van der Waals surface area (Å²) in [5.41, 5.74) is 12.2. The molecule has 3 aromatic rings. The molecule has 0 fully saturated rings. The van der Waals surface area contributed by atoms with Crippen molar-refractivity contribution in [2.24, 2.45) is 29.2 Å². The first kappa shape index (κ1) is 77.7. The number of amides is 12. The lowest BCUT2D eigenvalue weighted by Gasteiger charge is -2.29. The molecule has 9 atom stereocenters. The van der Waals surface area contributed by atoms with Crippen LogP contribution in [0.15, 0.2) is 43.0 Å². The molecule has 2 heterocycles. The molecule has 0 bridgehead atoms. The molecule has 0 aliphatic rings. The molecule has 12 amide bonds. The molecular weight excluding hydrogens is 1240 g/mol. The van der Waals surface area contributed by atoms with Gasteiger partial charge in [-0.15, -0.1) is 0 Å². The van der Waals surface area contributed by atoms with Crippen molar-refractivity contribution < 1.29 is 97.1 Å². The van der Waals surface area contributed by atoms with Crippen molar-refractivity contribution in [3.8, 4) is 0 Å². The summed E-state index contributed by atoms with van der Waals surface area (Å²) in [7, 11) is 0. The number of carbonyl (C=O) groups is 16. The monoisotopic (exact) mass is 1320 g/mol. The van der Waals surface area contributed by atoms with Crippen LogP contribution >= 0.6 is 0 Å². The van der Waals surface area contributed by atoms with Crippen molar-refractivity contribution in [2.45, 2.75) is 160 Å². The number of benzene rings is 1. The zero-order valence-corrected chi connectivity index (χ0v) is 52.6. The molecule has 0 unspecified atom stereocenters. The van der Waals surface area contributed by atoms with Crippen LogP contribution < -0.4 is 70.0 Å². The number of primary amides is 1. The van der Waals surface area contributed by atoms with Gasteiger partial charge in [0.25, 0.3) is 0 Å². The first-order valence-corrected chi connectivity index (χ1v) is 29.8. The van der Waals surface area contributed by atoms with Gasteiger partial charge in [-0.1, -0.05) is 59.7 Å². The molecule has 0 aliphatic heterocycles.